The number of aromatic carboxylic acids is 1. The van der Waals surface area contributed by atoms with Gasteiger partial charge in [0.25, 0.3) is 11.6 Å². The Morgan fingerprint density at radius 3 is 2.36 bits per heavy atom. The summed E-state index contributed by atoms with van der Waals surface area (Å²) in [5.74, 6) is -1.81. The number of anilines is 1. The van der Waals surface area contributed by atoms with Gasteiger partial charge in [0.2, 0.25) is 0 Å². The molecule has 1 amide bonds. The van der Waals surface area contributed by atoms with Gasteiger partial charge >= 0.3 is 5.97 Å². The molecule has 0 aromatic heterocycles. The van der Waals surface area contributed by atoms with E-state index in [-0.39, 0.29) is 32.6 Å². The number of hydrogen-bond donors (Lipinski definition) is 3. The lowest BCUT2D eigenvalue weighted by Gasteiger charge is -2.12. The lowest BCUT2D eigenvalue weighted by atomic mass is 10.2. The first-order valence-electron chi connectivity index (χ1n) is 6.67. The van der Waals surface area contributed by atoms with E-state index in [4.69, 9.17) is 28.9 Å². The van der Waals surface area contributed by atoms with E-state index in [0.717, 1.165) is 0 Å². The van der Waals surface area contributed by atoms with Crippen molar-refractivity contribution >= 4 is 52.2 Å². The van der Waals surface area contributed by atoms with Crippen molar-refractivity contribution < 1.29 is 19.6 Å². The minimum absolute atomic E-state index is 0.112. The van der Waals surface area contributed by atoms with Crippen LogP contribution in [-0.2, 0) is 0 Å². The average Bonchev–Trinajstić information content (AvgIpc) is 2.56. The summed E-state index contributed by atoms with van der Waals surface area (Å²) in [6.07, 6.45) is 0. The molecule has 0 saturated heterocycles. The number of nitro benzene ring substituents is 1. The van der Waals surface area contributed by atoms with Gasteiger partial charge in [-0.2, -0.15) is 0 Å². The molecule has 0 aliphatic heterocycles. The maximum atomic E-state index is 12.1. The maximum absolute atomic E-state index is 12.1. The Kier molecular flexibility index (Phi) is 5.63. The van der Waals surface area contributed by atoms with Crippen molar-refractivity contribution in [2.45, 2.75) is 0 Å². The second kappa shape index (κ2) is 7.69. The van der Waals surface area contributed by atoms with Crippen molar-refractivity contribution in [3.8, 4) is 0 Å². The SMILES string of the molecule is O=C(NC(=S)Nc1ccc(Cl)cc1C(=O)O)c1ccc([N+](=O)[O-])cc1. The standard InChI is InChI=1S/C15H10ClN3O5S/c16-9-3-6-12(11(7-9)14(21)22)17-15(25)18-13(20)8-1-4-10(5-2-8)19(23)24/h1-7H,(H,21,22)(H2,17,18,20,25). The van der Waals surface area contributed by atoms with Gasteiger partial charge in [-0.1, -0.05) is 11.6 Å². The highest BCUT2D eigenvalue weighted by Crippen LogP contribution is 2.20. The quantitative estimate of drug-likeness (QED) is 0.424. The van der Waals surface area contributed by atoms with Crippen LogP contribution < -0.4 is 10.6 Å². The number of nitrogens with zero attached hydrogens (tertiary/aromatic N) is 1. The number of benzene rings is 2. The average molecular weight is 380 g/mol. The lowest BCUT2D eigenvalue weighted by Crippen LogP contribution is -2.34. The second-order valence-electron chi connectivity index (χ2n) is 4.71. The predicted octanol–water partition coefficient (Wildman–Crippen LogP) is 3.07. The molecule has 10 heteroatoms. The first kappa shape index (κ1) is 18.3. The van der Waals surface area contributed by atoms with Crippen LogP contribution in [0.15, 0.2) is 42.5 Å². The maximum Gasteiger partial charge on any atom is 0.337 e. The Bertz CT molecular complexity index is 870. The molecule has 0 heterocycles. The van der Waals surface area contributed by atoms with Crippen LogP contribution in [0, 0.1) is 10.1 Å². The highest BCUT2D eigenvalue weighted by molar-refractivity contribution is 7.80. The monoisotopic (exact) mass is 379 g/mol. The Morgan fingerprint density at radius 2 is 1.80 bits per heavy atom. The third kappa shape index (κ3) is 4.72. The number of carboxylic acid groups (broad SMARTS) is 1. The number of halogens is 1. The van der Waals surface area contributed by atoms with E-state index in [1.54, 1.807) is 0 Å². The van der Waals surface area contributed by atoms with Crippen LogP contribution in [0.3, 0.4) is 0 Å². The number of amides is 1. The smallest absolute Gasteiger partial charge is 0.337 e. The minimum Gasteiger partial charge on any atom is -0.478 e. The molecule has 25 heavy (non-hydrogen) atoms. The summed E-state index contributed by atoms with van der Waals surface area (Å²) in [5.41, 5.74) is 0.0548. The van der Waals surface area contributed by atoms with E-state index in [1.165, 1.54) is 42.5 Å². The molecule has 0 spiro atoms. The summed E-state index contributed by atoms with van der Waals surface area (Å²) in [6, 6.07) is 9.06. The van der Waals surface area contributed by atoms with E-state index in [1.807, 2.05) is 0 Å². The molecule has 2 rings (SSSR count). The molecule has 0 aliphatic rings. The van der Waals surface area contributed by atoms with Crippen LogP contribution in [0.1, 0.15) is 20.7 Å². The zero-order valence-electron chi connectivity index (χ0n) is 12.4. The van der Waals surface area contributed by atoms with Crippen molar-refractivity contribution in [2.24, 2.45) is 0 Å². The number of thiocarbonyl (C=S) groups is 1. The third-order valence-corrected chi connectivity index (χ3v) is 3.47. The number of nitro groups is 1. The Balaban J connectivity index is 2.08. The molecular formula is C15H10ClN3O5S. The van der Waals surface area contributed by atoms with Gasteiger partial charge in [-0.3, -0.25) is 20.2 Å². The molecule has 8 nitrogen and oxygen atoms in total. The van der Waals surface area contributed by atoms with E-state index in [9.17, 15) is 19.7 Å². The number of carbonyl (C=O) groups excluding carboxylic acids is 1. The van der Waals surface area contributed by atoms with E-state index in [2.05, 4.69) is 10.6 Å². The summed E-state index contributed by atoms with van der Waals surface area (Å²) < 4.78 is 0. The molecule has 2 aromatic carbocycles. The van der Waals surface area contributed by atoms with Gasteiger partial charge in [0.15, 0.2) is 5.11 Å². The molecule has 0 aliphatic carbocycles. The molecule has 0 saturated carbocycles. The summed E-state index contributed by atoms with van der Waals surface area (Å²) in [6.45, 7) is 0. The van der Waals surface area contributed by atoms with Gasteiger partial charge in [0.05, 0.1) is 16.2 Å². The van der Waals surface area contributed by atoms with E-state index >= 15 is 0 Å². The number of hydrogen-bond acceptors (Lipinski definition) is 5. The van der Waals surface area contributed by atoms with Gasteiger partial charge in [-0.25, -0.2) is 4.79 Å². The predicted molar refractivity (Wildman–Crippen MR) is 95.2 cm³/mol. The molecule has 3 N–H and O–H groups in total. The Hall–Kier alpha value is -3.04. The molecule has 0 unspecified atom stereocenters. The van der Waals surface area contributed by atoms with Gasteiger partial charge in [-0.15, -0.1) is 0 Å². The fraction of sp³-hybridized carbons (Fsp3) is 0. The van der Waals surface area contributed by atoms with Crippen molar-refractivity contribution in [1.82, 2.24) is 5.32 Å². The lowest BCUT2D eigenvalue weighted by molar-refractivity contribution is -0.384. The number of non-ortho nitro benzene ring substituents is 1. The zero-order chi connectivity index (χ0) is 18.6. The molecule has 128 valence electrons. The first-order chi connectivity index (χ1) is 11.8. The summed E-state index contributed by atoms with van der Waals surface area (Å²) in [5, 5.41) is 24.8. The fourth-order valence-electron chi connectivity index (χ4n) is 1.87. The fourth-order valence-corrected chi connectivity index (χ4v) is 2.24. The topological polar surface area (TPSA) is 122 Å². The third-order valence-electron chi connectivity index (χ3n) is 3.03. The van der Waals surface area contributed by atoms with Gasteiger partial charge in [-0.05, 0) is 42.5 Å². The summed E-state index contributed by atoms with van der Waals surface area (Å²) >= 11 is 10.7. The molecule has 2 aromatic rings. The molecule has 0 bridgehead atoms. The number of nitrogens with one attached hydrogen (secondary N) is 2. The normalized spacial score (nSPS) is 9.96. The number of carbonyl (C=O) groups is 2. The molecular weight excluding hydrogens is 370 g/mol. The second-order valence-corrected chi connectivity index (χ2v) is 5.55. The largest absolute Gasteiger partial charge is 0.478 e. The number of rotatable bonds is 4. The highest BCUT2D eigenvalue weighted by Gasteiger charge is 2.14. The van der Waals surface area contributed by atoms with Crippen LogP contribution in [0.5, 0.6) is 0 Å². The minimum atomic E-state index is -1.21. The Labute approximate surface area is 151 Å². The van der Waals surface area contributed by atoms with Gasteiger partial charge < -0.3 is 10.4 Å². The van der Waals surface area contributed by atoms with Crippen LogP contribution in [0.4, 0.5) is 11.4 Å². The van der Waals surface area contributed by atoms with E-state index < -0.39 is 16.8 Å². The zero-order valence-corrected chi connectivity index (χ0v) is 13.9. The van der Waals surface area contributed by atoms with Gasteiger partial charge in [0.1, 0.15) is 0 Å². The van der Waals surface area contributed by atoms with Crippen LogP contribution in [0.25, 0.3) is 0 Å². The van der Waals surface area contributed by atoms with Crippen molar-refractivity contribution in [3.05, 3.63) is 68.7 Å². The highest BCUT2D eigenvalue weighted by atomic mass is 35.5. The van der Waals surface area contributed by atoms with Crippen LogP contribution in [-0.4, -0.2) is 27.0 Å². The Morgan fingerprint density at radius 1 is 1.16 bits per heavy atom. The van der Waals surface area contributed by atoms with Crippen LogP contribution in [0.2, 0.25) is 5.02 Å². The molecule has 0 fully saturated rings. The van der Waals surface area contributed by atoms with Crippen LogP contribution >= 0.6 is 23.8 Å². The van der Waals surface area contributed by atoms with Crippen molar-refractivity contribution in [3.63, 3.8) is 0 Å². The molecule has 0 radical (unpaired) electrons. The molecule has 0 atom stereocenters. The van der Waals surface area contributed by atoms with Crippen molar-refractivity contribution in [1.29, 1.82) is 0 Å². The first-order valence-corrected chi connectivity index (χ1v) is 7.46. The summed E-state index contributed by atoms with van der Waals surface area (Å²) in [4.78, 5) is 33.3. The van der Waals surface area contributed by atoms with Gasteiger partial charge in [0, 0.05) is 22.7 Å². The summed E-state index contributed by atoms with van der Waals surface area (Å²) in [7, 11) is 0. The number of carboxylic acids is 1. The van der Waals surface area contributed by atoms with Crippen molar-refractivity contribution in [2.75, 3.05) is 5.32 Å². The van der Waals surface area contributed by atoms with E-state index in [0.29, 0.717) is 0 Å².